The molecule has 0 unspecified atom stereocenters. The molecule has 0 fully saturated rings. The molecule has 76 valence electrons. The number of anilines is 1. The van der Waals surface area contributed by atoms with Crippen molar-refractivity contribution in [2.75, 3.05) is 5.73 Å². The fourth-order valence-electron chi connectivity index (χ4n) is 1.31. The molecule has 2 nitrogen and oxygen atoms in total. The summed E-state index contributed by atoms with van der Waals surface area (Å²) >= 11 is 0. The Kier molecular flexibility index (Phi) is 2.33. The molecule has 0 radical (unpaired) electrons. The van der Waals surface area contributed by atoms with Crippen LogP contribution in [0.4, 0.5) is 14.5 Å². The number of nitrogens with zero attached hydrogens (tertiary/aromatic N) is 1. The van der Waals surface area contributed by atoms with Crippen LogP contribution in [0, 0.1) is 11.6 Å². The molecular formula is C11H8F2N2. The van der Waals surface area contributed by atoms with Crippen LogP contribution in [0.1, 0.15) is 0 Å². The predicted molar refractivity (Wildman–Crippen MR) is 54.0 cm³/mol. The van der Waals surface area contributed by atoms with E-state index in [-0.39, 0.29) is 5.69 Å². The number of hydrogen-bond acceptors (Lipinski definition) is 2. The molecule has 0 aliphatic carbocycles. The molecule has 1 heterocycles. The summed E-state index contributed by atoms with van der Waals surface area (Å²) in [5.74, 6) is -1.39. The monoisotopic (exact) mass is 206 g/mol. The van der Waals surface area contributed by atoms with Crippen LogP contribution in [-0.2, 0) is 0 Å². The zero-order valence-electron chi connectivity index (χ0n) is 7.74. The molecule has 4 heteroatoms. The van der Waals surface area contributed by atoms with Gasteiger partial charge in [-0.05, 0) is 12.1 Å². The first-order chi connectivity index (χ1) is 7.16. The summed E-state index contributed by atoms with van der Waals surface area (Å²) in [5.41, 5.74) is 6.70. The van der Waals surface area contributed by atoms with Gasteiger partial charge in [0, 0.05) is 17.3 Å². The molecular weight excluding hydrogens is 198 g/mol. The minimum Gasteiger partial charge on any atom is -0.399 e. The molecule has 15 heavy (non-hydrogen) atoms. The maximum absolute atomic E-state index is 13.3. The molecule has 0 saturated heterocycles. The first-order valence-corrected chi connectivity index (χ1v) is 4.34. The highest BCUT2D eigenvalue weighted by molar-refractivity contribution is 5.64. The Morgan fingerprint density at radius 3 is 2.60 bits per heavy atom. The molecule has 0 bridgehead atoms. The standard InChI is InChI=1S/C11H8F2N2/c12-8-5-10(13)11(15-6-8)7-2-1-3-9(14)4-7/h1-6H,14H2. The lowest BCUT2D eigenvalue weighted by atomic mass is 10.1. The molecule has 2 rings (SSSR count). The van der Waals surface area contributed by atoms with E-state index in [4.69, 9.17) is 5.73 Å². The molecule has 1 aromatic carbocycles. The molecule has 0 spiro atoms. The number of pyridine rings is 1. The SMILES string of the molecule is Nc1cccc(-c2ncc(F)cc2F)c1. The van der Waals surface area contributed by atoms with E-state index in [1.807, 2.05) is 0 Å². The van der Waals surface area contributed by atoms with Gasteiger partial charge in [-0.2, -0.15) is 0 Å². The van der Waals surface area contributed by atoms with Crippen molar-refractivity contribution in [2.24, 2.45) is 0 Å². The number of aromatic nitrogens is 1. The van der Waals surface area contributed by atoms with E-state index in [2.05, 4.69) is 4.98 Å². The molecule has 0 atom stereocenters. The largest absolute Gasteiger partial charge is 0.399 e. The zero-order chi connectivity index (χ0) is 10.8. The number of hydrogen-bond donors (Lipinski definition) is 1. The van der Waals surface area contributed by atoms with Crippen LogP contribution >= 0.6 is 0 Å². The van der Waals surface area contributed by atoms with E-state index in [1.54, 1.807) is 24.3 Å². The summed E-state index contributed by atoms with van der Waals surface area (Å²) in [4.78, 5) is 3.68. The zero-order valence-corrected chi connectivity index (χ0v) is 7.74. The Labute approximate surface area is 85.4 Å². The average Bonchev–Trinajstić information content (AvgIpc) is 2.17. The lowest BCUT2D eigenvalue weighted by Crippen LogP contribution is -1.92. The maximum Gasteiger partial charge on any atom is 0.152 e. The van der Waals surface area contributed by atoms with Gasteiger partial charge in [0.25, 0.3) is 0 Å². The first-order valence-electron chi connectivity index (χ1n) is 4.34. The molecule has 2 aromatic rings. The lowest BCUT2D eigenvalue weighted by Gasteiger charge is -2.03. The second-order valence-electron chi connectivity index (χ2n) is 3.11. The second-order valence-corrected chi connectivity index (χ2v) is 3.11. The van der Waals surface area contributed by atoms with E-state index in [0.29, 0.717) is 11.3 Å². The fourth-order valence-corrected chi connectivity index (χ4v) is 1.31. The molecule has 0 saturated carbocycles. The van der Waals surface area contributed by atoms with Crippen LogP contribution in [0.15, 0.2) is 36.5 Å². The van der Waals surface area contributed by atoms with Crippen LogP contribution < -0.4 is 5.73 Å². The Morgan fingerprint density at radius 1 is 1.13 bits per heavy atom. The van der Waals surface area contributed by atoms with Gasteiger partial charge in [-0.3, -0.25) is 4.98 Å². The number of nitrogen functional groups attached to an aromatic ring is 1. The number of rotatable bonds is 1. The minimum absolute atomic E-state index is 0.101. The third kappa shape index (κ3) is 1.93. The van der Waals surface area contributed by atoms with Gasteiger partial charge in [-0.15, -0.1) is 0 Å². The Hall–Kier alpha value is -1.97. The van der Waals surface area contributed by atoms with Crippen molar-refractivity contribution < 1.29 is 8.78 Å². The van der Waals surface area contributed by atoms with Gasteiger partial charge in [0.15, 0.2) is 5.82 Å². The average molecular weight is 206 g/mol. The number of benzene rings is 1. The van der Waals surface area contributed by atoms with Crippen molar-refractivity contribution >= 4 is 5.69 Å². The number of halogens is 2. The highest BCUT2D eigenvalue weighted by atomic mass is 19.1. The molecule has 0 aliphatic rings. The van der Waals surface area contributed by atoms with Crippen LogP contribution in [0.3, 0.4) is 0 Å². The highest BCUT2D eigenvalue weighted by Crippen LogP contribution is 2.22. The quantitative estimate of drug-likeness (QED) is 0.728. The molecule has 2 N–H and O–H groups in total. The van der Waals surface area contributed by atoms with Gasteiger partial charge in [0.05, 0.1) is 6.20 Å². The van der Waals surface area contributed by atoms with Gasteiger partial charge >= 0.3 is 0 Å². The third-order valence-electron chi connectivity index (χ3n) is 1.97. The van der Waals surface area contributed by atoms with Crippen molar-refractivity contribution in [3.05, 3.63) is 48.2 Å². The van der Waals surface area contributed by atoms with E-state index >= 15 is 0 Å². The predicted octanol–water partition coefficient (Wildman–Crippen LogP) is 2.61. The molecule has 1 aromatic heterocycles. The van der Waals surface area contributed by atoms with Gasteiger partial charge < -0.3 is 5.73 Å². The molecule has 0 amide bonds. The number of nitrogens with two attached hydrogens (primary N) is 1. The molecule has 0 aliphatic heterocycles. The van der Waals surface area contributed by atoms with Crippen LogP contribution in [0.25, 0.3) is 11.3 Å². The maximum atomic E-state index is 13.3. The van der Waals surface area contributed by atoms with Crippen LogP contribution in [0.2, 0.25) is 0 Å². The van der Waals surface area contributed by atoms with Crippen molar-refractivity contribution in [2.45, 2.75) is 0 Å². The van der Waals surface area contributed by atoms with Gasteiger partial charge in [0.1, 0.15) is 11.5 Å². The van der Waals surface area contributed by atoms with Gasteiger partial charge in [-0.1, -0.05) is 12.1 Å². The first kappa shape index (κ1) is 9.58. The Morgan fingerprint density at radius 2 is 1.93 bits per heavy atom. The lowest BCUT2D eigenvalue weighted by molar-refractivity contribution is 0.576. The van der Waals surface area contributed by atoms with Gasteiger partial charge in [-0.25, -0.2) is 8.78 Å². The summed E-state index contributed by atoms with van der Waals surface area (Å²) in [6.07, 6.45) is 0.974. The van der Waals surface area contributed by atoms with E-state index in [1.165, 1.54) is 0 Å². The Bertz CT molecular complexity index is 498. The van der Waals surface area contributed by atoms with Crippen LogP contribution in [0.5, 0.6) is 0 Å². The normalized spacial score (nSPS) is 10.3. The summed E-state index contributed by atoms with van der Waals surface area (Å²) in [7, 11) is 0. The smallest absolute Gasteiger partial charge is 0.152 e. The van der Waals surface area contributed by atoms with E-state index < -0.39 is 11.6 Å². The van der Waals surface area contributed by atoms with E-state index in [0.717, 1.165) is 12.3 Å². The topological polar surface area (TPSA) is 38.9 Å². The fraction of sp³-hybridized carbons (Fsp3) is 0. The summed E-state index contributed by atoms with van der Waals surface area (Å²) in [6.45, 7) is 0. The summed E-state index contributed by atoms with van der Waals surface area (Å²) in [5, 5.41) is 0. The van der Waals surface area contributed by atoms with E-state index in [9.17, 15) is 8.78 Å². The second kappa shape index (κ2) is 3.65. The van der Waals surface area contributed by atoms with Crippen molar-refractivity contribution in [1.82, 2.24) is 4.98 Å². The van der Waals surface area contributed by atoms with Crippen molar-refractivity contribution in [3.8, 4) is 11.3 Å². The minimum atomic E-state index is -0.694. The van der Waals surface area contributed by atoms with Gasteiger partial charge in [0.2, 0.25) is 0 Å². The van der Waals surface area contributed by atoms with Crippen LogP contribution in [-0.4, -0.2) is 4.98 Å². The van der Waals surface area contributed by atoms with Crippen molar-refractivity contribution in [3.63, 3.8) is 0 Å². The third-order valence-corrected chi connectivity index (χ3v) is 1.97. The summed E-state index contributed by atoms with van der Waals surface area (Å²) < 4.78 is 25.9. The highest BCUT2D eigenvalue weighted by Gasteiger charge is 2.07. The Balaban J connectivity index is 2.54. The van der Waals surface area contributed by atoms with Crippen molar-refractivity contribution in [1.29, 1.82) is 0 Å². The summed E-state index contributed by atoms with van der Waals surface area (Å²) in [6, 6.07) is 7.43.